The first kappa shape index (κ1) is 10.7. The number of hydrogen-bond acceptors (Lipinski definition) is 2. The van der Waals surface area contributed by atoms with Crippen LogP contribution in [-0.4, -0.2) is 17.2 Å². The van der Waals surface area contributed by atoms with Crippen LogP contribution in [0, 0.1) is 0 Å². The Bertz CT molecular complexity index is 295. The molecule has 1 aliphatic rings. The molecule has 2 nitrogen and oxygen atoms in total. The third-order valence-electron chi connectivity index (χ3n) is 3.22. The summed E-state index contributed by atoms with van der Waals surface area (Å²) < 4.78 is 0. The van der Waals surface area contributed by atoms with Gasteiger partial charge in [-0.25, -0.2) is 0 Å². The van der Waals surface area contributed by atoms with Crippen molar-refractivity contribution < 1.29 is 5.11 Å². The van der Waals surface area contributed by atoms with E-state index in [1.807, 2.05) is 30.3 Å². The molecule has 1 aliphatic carbocycles. The van der Waals surface area contributed by atoms with E-state index in [1.165, 1.54) is 19.3 Å². The minimum absolute atomic E-state index is 0.137. The predicted octanol–water partition coefficient (Wildman–Crippen LogP) is 2.25. The van der Waals surface area contributed by atoms with Gasteiger partial charge in [0.2, 0.25) is 0 Å². The zero-order valence-electron chi connectivity index (χ0n) is 9.19. The average molecular weight is 205 g/mol. The molecule has 2 rings (SSSR count). The van der Waals surface area contributed by atoms with Gasteiger partial charge in [-0.05, 0) is 25.3 Å². The molecule has 1 fully saturated rings. The third-order valence-corrected chi connectivity index (χ3v) is 3.22. The van der Waals surface area contributed by atoms with Crippen molar-refractivity contribution in [1.82, 2.24) is 5.32 Å². The summed E-state index contributed by atoms with van der Waals surface area (Å²) >= 11 is 0. The maximum Gasteiger partial charge on any atom is 0.0940 e. The fourth-order valence-electron chi connectivity index (χ4n) is 1.98. The van der Waals surface area contributed by atoms with Gasteiger partial charge in [-0.3, -0.25) is 0 Å². The van der Waals surface area contributed by atoms with Crippen molar-refractivity contribution in [3.8, 4) is 0 Å². The number of hydrogen-bond donors (Lipinski definition) is 2. The fraction of sp³-hybridized carbons (Fsp3) is 0.538. The first-order valence-electron chi connectivity index (χ1n) is 5.76. The Labute approximate surface area is 91.3 Å². The van der Waals surface area contributed by atoms with Gasteiger partial charge in [-0.2, -0.15) is 0 Å². The number of rotatable bonds is 4. The van der Waals surface area contributed by atoms with Crippen molar-refractivity contribution in [2.24, 2.45) is 0 Å². The second-order valence-corrected chi connectivity index (χ2v) is 4.44. The Balaban J connectivity index is 1.91. The van der Waals surface area contributed by atoms with Gasteiger partial charge in [0, 0.05) is 12.1 Å². The van der Waals surface area contributed by atoms with Crippen LogP contribution in [0.15, 0.2) is 30.3 Å². The number of aliphatic hydroxyl groups is 1. The Kier molecular flexibility index (Phi) is 3.39. The van der Waals surface area contributed by atoms with Crippen LogP contribution in [0.25, 0.3) is 0 Å². The van der Waals surface area contributed by atoms with E-state index >= 15 is 0 Å². The van der Waals surface area contributed by atoms with Gasteiger partial charge < -0.3 is 10.4 Å². The standard InChI is InChI=1S/C13H19NO/c1-10(14-12-8-5-9-12)13(15)11-6-3-2-4-7-11/h2-4,6-7,10,12-15H,5,8-9H2,1H3/t10-,13?/m0/s1. The van der Waals surface area contributed by atoms with Gasteiger partial charge in [-0.15, -0.1) is 0 Å². The van der Waals surface area contributed by atoms with Crippen LogP contribution in [0.5, 0.6) is 0 Å². The summed E-state index contributed by atoms with van der Waals surface area (Å²) in [4.78, 5) is 0. The predicted molar refractivity (Wildman–Crippen MR) is 61.6 cm³/mol. The van der Waals surface area contributed by atoms with Crippen LogP contribution in [0.2, 0.25) is 0 Å². The molecular formula is C13H19NO. The van der Waals surface area contributed by atoms with Crippen LogP contribution in [-0.2, 0) is 0 Å². The molecule has 82 valence electrons. The first-order valence-corrected chi connectivity index (χ1v) is 5.76. The van der Waals surface area contributed by atoms with Gasteiger partial charge in [-0.1, -0.05) is 36.8 Å². The molecule has 0 saturated heterocycles. The van der Waals surface area contributed by atoms with Gasteiger partial charge in [0.15, 0.2) is 0 Å². The highest BCUT2D eigenvalue weighted by molar-refractivity contribution is 5.18. The quantitative estimate of drug-likeness (QED) is 0.790. The van der Waals surface area contributed by atoms with E-state index in [2.05, 4.69) is 12.2 Å². The molecule has 0 radical (unpaired) electrons. The molecule has 2 N–H and O–H groups in total. The maximum absolute atomic E-state index is 10.1. The van der Waals surface area contributed by atoms with Crippen molar-refractivity contribution in [3.05, 3.63) is 35.9 Å². The molecular weight excluding hydrogens is 186 g/mol. The van der Waals surface area contributed by atoms with Crippen molar-refractivity contribution in [2.45, 2.75) is 44.4 Å². The summed E-state index contributed by atoms with van der Waals surface area (Å²) in [5.41, 5.74) is 0.997. The molecule has 0 bridgehead atoms. The normalized spacial score (nSPS) is 20.7. The highest BCUT2D eigenvalue weighted by Crippen LogP contribution is 2.22. The monoisotopic (exact) mass is 205 g/mol. The summed E-state index contributed by atoms with van der Waals surface area (Å²) in [6, 6.07) is 10.6. The minimum atomic E-state index is -0.396. The maximum atomic E-state index is 10.1. The summed E-state index contributed by atoms with van der Waals surface area (Å²) in [5.74, 6) is 0. The summed E-state index contributed by atoms with van der Waals surface area (Å²) in [6.45, 7) is 2.05. The highest BCUT2D eigenvalue weighted by Gasteiger charge is 2.23. The lowest BCUT2D eigenvalue weighted by atomic mass is 9.91. The van der Waals surface area contributed by atoms with E-state index < -0.39 is 6.10 Å². The SMILES string of the molecule is C[C@H](NC1CCC1)C(O)c1ccccc1. The van der Waals surface area contributed by atoms with Crippen LogP contribution < -0.4 is 5.32 Å². The Morgan fingerprint density at radius 2 is 1.93 bits per heavy atom. The Morgan fingerprint density at radius 3 is 2.47 bits per heavy atom. The van der Waals surface area contributed by atoms with Crippen molar-refractivity contribution in [1.29, 1.82) is 0 Å². The number of nitrogens with one attached hydrogen (secondary N) is 1. The van der Waals surface area contributed by atoms with Gasteiger partial charge in [0.05, 0.1) is 6.10 Å². The first-order chi connectivity index (χ1) is 7.27. The van der Waals surface area contributed by atoms with E-state index in [0.29, 0.717) is 6.04 Å². The molecule has 1 unspecified atom stereocenters. The molecule has 1 aromatic rings. The molecule has 0 spiro atoms. The van der Waals surface area contributed by atoms with Gasteiger partial charge >= 0.3 is 0 Å². The average Bonchev–Trinajstić information content (AvgIpc) is 2.23. The van der Waals surface area contributed by atoms with E-state index in [-0.39, 0.29) is 6.04 Å². The molecule has 0 aliphatic heterocycles. The minimum Gasteiger partial charge on any atom is -0.387 e. The molecule has 0 aromatic heterocycles. The zero-order valence-corrected chi connectivity index (χ0v) is 9.19. The molecule has 1 saturated carbocycles. The number of benzene rings is 1. The smallest absolute Gasteiger partial charge is 0.0940 e. The second-order valence-electron chi connectivity index (χ2n) is 4.44. The fourth-order valence-corrected chi connectivity index (χ4v) is 1.98. The Morgan fingerprint density at radius 1 is 1.27 bits per heavy atom. The summed E-state index contributed by atoms with van der Waals surface area (Å²) in [6.07, 6.45) is 3.44. The molecule has 1 aromatic carbocycles. The zero-order chi connectivity index (χ0) is 10.7. The van der Waals surface area contributed by atoms with E-state index in [0.717, 1.165) is 5.56 Å². The summed E-state index contributed by atoms with van der Waals surface area (Å²) in [5, 5.41) is 13.6. The summed E-state index contributed by atoms with van der Waals surface area (Å²) in [7, 11) is 0. The molecule has 0 heterocycles. The molecule has 2 heteroatoms. The van der Waals surface area contributed by atoms with Crippen molar-refractivity contribution in [2.75, 3.05) is 0 Å². The van der Waals surface area contributed by atoms with Crippen molar-refractivity contribution >= 4 is 0 Å². The highest BCUT2D eigenvalue weighted by atomic mass is 16.3. The van der Waals surface area contributed by atoms with Crippen LogP contribution in [0.3, 0.4) is 0 Å². The topological polar surface area (TPSA) is 32.3 Å². The Hall–Kier alpha value is -0.860. The molecule has 2 atom stereocenters. The molecule has 15 heavy (non-hydrogen) atoms. The second kappa shape index (κ2) is 4.77. The number of aliphatic hydroxyl groups excluding tert-OH is 1. The third kappa shape index (κ3) is 2.58. The largest absolute Gasteiger partial charge is 0.387 e. The van der Waals surface area contributed by atoms with Crippen LogP contribution >= 0.6 is 0 Å². The lowest BCUT2D eigenvalue weighted by molar-refractivity contribution is 0.120. The van der Waals surface area contributed by atoms with E-state index in [4.69, 9.17) is 0 Å². The van der Waals surface area contributed by atoms with Crippen LogP contribution in [0.4, 0.5) is 0 Å². The van der Waals surface area contributed by atoms with Gasteiger partial charge in [0.25, 0.3) is 0 Å². The van der Waals surface area contributed by atoms with Crippen LogP contribution in [0.1, 0.15) is 37.9 Å². The van der Waals surface area contributed by atoms with Crippen molar-refractivity contribution in [3.63, 3.8) is 0 Å². The van der Waals surface area contributed by atoms with E-state index in [9.17, 15) is 5.11 Å². The van der Waals surface area contributed by atoms with E-state index in [1.54, 1.807) is 0 Å². The lowest BCUT2D eigenvalue weighted by Crippen LogP contribution is -2.43. The molecule has 0 amide bonds. The van der Waals surface area contributed by atoms with Gasteiger partial charge in [0.1, 0.15) is 0 Å². The lowest BCUT2D eigenvalue weighted by Gasteiger charge is -2.32.